The lowest BCUT2D eigenvalue weighted by atomic mass is 9.90. The Kier molecular flexibility index (Phi) is 4.09. The summed E-state index contributed by atoms with van der Waals surface area (Å²) in [5.74, 6) is -2.15. The van der Waals surface area contributed by atoms with E-state index in [1.807, 2.05) is 0 Å². The fourth-order valence-corrected chi connectivity index (χ4v) is 2.30. The molecule has 1 unspecified atom stereocenters. The molecule has 1 heterocycles. The minimum absolute atomic E-state index is 0.222. The summed E-state index contributed by atoms with van der Waals surface area (Å²) in [5.41, 5.74) is -2.03. The lowest BCUT2D eigenvalue weighted by Crippen LogP contribution is -2.50. The van der Waals surface area contributed by atoms with Crippen LogP contribution < -0.4 is 10.6 Å². The highest BCUT2D eigenvalue weighted by Crippen LogP contribution is 2.26. The van der Waals surface area contributed by atoms with Crippen LogP contribution in [0.3, 0.4) is 0 Å². The van der Waals surface area contributed by atoms with Gasteiger partial charge in [0.1, 0.15) is 11.1 Å². The number of likely N-dealkylation sites (N-methyl/N-ethyl adjacent to an activating group) is 1. The third-order valence-electron chi connectivity index (χ3n) is 4.40. The van der Waals surface area contributed by atoms with E-state index in [1.54, 1.807) is 12.1 Å². The van der Waals surface area contributed by atoms with Gasteiger partial charge in [-0.1, -0.05) is 12.1 Å². The van der Waals surface area contributed by atoms with Gasteiger partial charge in [-0.2, -0.15) is 0 Å². The molecule has 1 aliphatic rings. The summed E-state index contributed by atoms with van der Waals surface area (Å²) in [4.78, 5) is 48.4. The molecule has 24 heavy (non-hydrogen) atoms. The largest absolute Gasteiger partial charge is 0.480 e. The van der Waals surface area contributed by atoms with Gasteiger partial charge in [-0.05, 0) is 38.5 Å². The number of hydrogen-bond donors (Lipinski definition) is 3. The Morgan fingerprint density at radius 2 is 1.88 bits per heavy atom. The third-order valence-corrected chi connectivity index (χ3v) is 4.40. The van der Waals surface area contributed by atoms with Crippen molar-refractivity contribution in [3.8, 4) is 0 Å². The highest BCUT2D eigenvalue weighted by molar-refractivity contribution is 6.07. The van der Waals surface area contributed by atoms with Crippen LogP contribution >= 0.6 is 0 Å². The van der Waals surface area contributed by atoms with Gasteiger partial charge >= 0.3 is 12.0 Å². The molecule has 2 rings (SSSR count). The average Bonchev–Trinajstić information content (AvgIpc) is 2.79. The van der Waals surface area contributed by atoms with Crippen molar-refractivity contribution in [2.75, 3.05) is 7.05 Å². The van der Waals surface area contributed by atoms with Gasteiger partial charge < -0.3 is 15.3 Å². The number of carboxylic acid groups (broad SMARTS) is 1. The van der Waals surface area contributed by atoms with Gasteiger partial charge in [-0.25, -0.2) is 9.59 Å². The predicted molar refractivity (Wildman–Crippen MR) is 84.3 cm³/mol. The fourth-order valence-electron chi connectivity index (χ4n) is 2.30. The van der Waals surface area contributed by atoms with Crippen LogP contribution in [0.5, 0.6) is 0 Å². The first-order valence-corrected chi connectivity index (χ1v) is 7.26. The molecule has 1 fully saturated rings. The van der Waals surface area contributed by atoms with Gasteiger partial charge in [0.15, 0.2) is 0 Å². The Hall–Kier alpha value is -2.90. The van der Waals surface area contributed by atoms with Crippen LogP contribution in [0.25, 0.3) is 0 Å². The van der Waals surface area contributed by atoms with Gasteiger partial charge in [0.2, 0.25) is 0 Å². The summed E-state index contributed by atoms with van der Waals surface area (Å²) >= 11 is 0. The Morgan fingerprint density at radius 3 is 2.38 bits per heavy atom. The topological polar surface area (TPSA) is 116 Å². The van der Waals surface area contributed by atoms with Gasteiger partial charge in [0.25, 0.3) is 11.8 Å². The van der Waals surface area contributed by atoms with Crippen molar-refractivity contribution in [1.29, 1.82) is 0 Å². The van der Waals surface area contributed by atoms with Crippen molar-refractivity contribution >= 4 is 23.8 Å². The van der Waals surface area contributed by atoms with E-state index >= 15 is 0 Å². The highest BCUT2D eigenvalue weighted by Gasteiger charge is 2.44. The molecule has 8 nitrogen and oxygen atoms in total. The van der Waals surface area contributed by atoms with Crippen molar-refractivity contribution in [3.63, 3.8) is 0 Å². The molecule has 1 aromatic carbocycles. The van der Waals surface area contributed by atoms with Crippen LogP contribution in [-0.4, -0.2) is 46.4 Å². The summed E-state index contributed by atoms with van der Waals surface area (Å²) in [6.07, 6.45) is 0. The lowest BCUT2D eigenvalue weighted by molar-refractivity contribution is -0.147. The molecule has 4 amide bonds. The highest BCUT2D eigenvalue weighted by atomic mass is 16.4. The number of amides is 4. The van der Waals surface area contributed by atoms with Crippen LogP contribution in [0.4, 0.5) is 4.79 Å². The number of aliphatic carboxylic acids is 1. The van der Waals surface area contributed by atoms with E-state index in [4.69, 9.17) is 0 Å². The SMILES string of the molecule is CN(C(=O)c1cccc(C2(C)NC(=O)NC2=O)c1)C(C)(C)C(=O)O. The zero-order chi connectivity index (χ0) is 18.3. The van der Waals surface area contributed by atoms with Crippen molar-refractivity contribution in [2.45, 2.75) is 31.8 Å². The predicted octanol–water partition coefficient (Wildman–Crippen LogP) is 0.676. The van der Waals surface area contributed by atoms with Crippen molar-refractivity contribution in [2.24, 2.45) is 0 Å². The molecular formula is C16H19N3O5. The number of nitrogens with zero attached hydrogens (tertiary/aromatic N) is 1. The standard InChI is InChI=1S/C16H19N3O5/c1-15(2,13(22)23)19(4)11(20)9-6-5-7-10(8-9)16(3)12(21)17-14(24)18-16/h5-8H,1-4H3,(H,22,23)(H2,17,18,21,24). The number of urea groups is 1. The first-order valence-electron chi connectivity index (χ1n) is 7.26. The summed E-state index contributed by atoms with van der Waals surface area (Å²) in [7, 11) is 1.40. The second-order valence-corrected chi connectivity index (χ2v) is 6.34. The van der Waals surface area contributed by atoms with Crippen LogP contribution in [0.2, 0.25) is 0 Å². The van der Waals surface area contributed by atoms with Crippen LogP contribution in [0, 0.1) is 0 Å². The van der Waals surface area contributed by atoms with Crippen LogP contribution in [0.1, 0.15) is 36.7 Å². The Balaban J connectivity index is 2.38. The maximum absolute atomic E-state index is 12.6. The molecule has 1 aliphatic heterocycles. The first-order chi connectivity index (χ1) is 11.0. The quantitative estimate of drug-likeness (QED) is 0.701. The average molecular weight is 333 g/mol. The maximum Gasteiger partial charge on any atom is 0.329 e. The minimum atomic E-state index is -1.39. The number of imide groups is 1. The monoisotopic (exact) mass is 333 g/mol. The van der Waals surface area contributed by atoms with E-state index < -0.39 is 34.9 Å². The third kappa shape index (κ3) is 2.70. The smallest absolute Gasteiger partial charge is 0.329 e. The number of carbonyl (C=O) groups excluding carboxylic acids is 3. The lowest BCUT2D eigenvalue weighted by Gasteiger charge is -2.32. The number of carboxylic acids is 1. The first kappa shape index (κ1) is 17.5. The molecule has 3 N–H and O–H groups in total. The Morgan fingerprint density at radius 1 is 1.25 bits per heavy atom. The van der Waals surface area contributed by atoms with Gasteiger partial charge in [-0.3, -0.25) is 14.9 Å². The minimum Gasteiger partial charge on any atom is -0.480 e. The van der Waals surface area contributed by atoms with Crippen molar-refractivity contribution < 1.29 is 24.3 Å². The van der Waals surface area contributed by atoms with E-state index in [0.29, 0.717) is 5.56 Å². The summed E-state index contributed by atoms with van der Waals surface area (Å²) in [6, 6.07) is 5.58. The normalized spacial score (nSPS) is 20.3. The van der Waals surface area contributed by atoms with Crippen molar-refractivity contribution in [3.05, 3.63) is 35.4 Å². The maximum atomic E-state index is 12.6. The second kappa shape index (κ2) is 5.63. The Bertz CT molecular complexity index is 743. The van der Waals surface area contributed by atoms with Crippen LogP contribution in [-0.2, 0) is 15.1 Å². The number of benzene rings is 1. The van der Waals surface area contributed by atoms with E-state index in [-0.39, 0.29) is 5.56 Å². The molecule has 0 bridgehead atoms. The summed E-state index contributed by atoms with van der Waals surface area (Å²) in [5, 5.41) is 13.9. The molecule has 1 atom stereocenters. The summed E-state index contributed by atoms with van der Waals surface area (Å²) in [6.45, 7) is 4.37. The van der Waals surface area contributed by atoms with E-state index in [1.165, 1.54) is 40.0 Å². The van der Waals surface area contributed by atoms with Gasteiger partial charge in [0.05, 0.1) is 0 Å². The second-order valence-electron chi connectivity index (χ2n) is 6.34. The van der Waals surface area contributed by atoms with E-state index in [0.717, 1.165) is 4.90 Å². The molecule has 128 valence electrons. The molecule has 0 saturated carbocycles. The number of carbonyl (C=O) groups is 4. The van der Waals surface area contributed by atoms with Crippen molar-refractivity contribution in [1.82, 2.24) is 15.5 Å². The van der Waals surface area contributed by atoms with Gasteiger partial charge in [-0.15, -0.1) is 0 Å². The Labute approximate surface area is 138 Å². The molecular weight excluding hydrogens is 314 g/mol. The van der Waals surface area contributed by atoms with E-state index in [9.17, 15) is 24.3 Å². The molecule has 0 aliphatic carbocycles. The number of nitrogens with one attached hydrogen (secondary N) is 2. The number of rotatable bonds is 4. The zero-order valence-electron chi connectivity index (χ0n) is 13.8. The molecule has 0 spiro atoms. The molecule has 1 aromatic rings. The fraction of sp³-hybridized carbons (Fsp3) is 0.375. The van der Waals surface area contributed by atoms with Crippen LogP contribution in [0.15, 0.2) is 24.3 Å². The van der Waals surface area contributed by atoms with Gasteiger partial charge in [0, 0.05) is 12.6 Å². The molecule has 8 heteroatoms. The van der Waals surface area contributed by atoms with E-state index in [2.05, 4.69) is 10.6 Å². The molecule has 1 saturated heterocycles. The zero-order valence-corrected chi connectivity index (χ0v) is 13.8. The number of hydrogen-bond acceptors (Lipinski definition) is 4. The summed E-state index contributed by atoms with van der Waals surface area (Å²) < 4.78 is 0. The molecule has 0 radical (unpaired) electrons. The molecule has 0 aromatic heterocycles.